The maximum absolute atomic E-state index is 10.7. The fraction of sp³-hybridized carbons (Fsp3) is 0.750. The van der Waals surface area contributed by atoms with Crippen molar-refractivity contribution in [3.63, 3.8) is 0 Å². The summed E-state index contributed by atoms with van der Waals surface area (Å²) in [5.41, 5.74) is 5.25. The Morgan fingerprint density at radius 2 is 1.93 bits per heavy atom. The van der Waals surface area contributed by atoms with Crippen LogP contribution in [0.3, 0.4) is 0 Å². The molecule has 0 aromatic carbocycles. The van der Waals surface area contributed by atoms with Crippen molar-refractivity contribution >= 4 is 24.6 Å². The number of amides is 1. The fourth-order valence-corrected chi connectivity index (χ4v) is 1.05. The largest absolute Gasteiger partial charge is 0.391 e. The molecule has 0 unspecified atom stereocenters. The quantitative estimate of drug-likeness (QED) is 0.423. The zero-order valence-electron chi connectivity index (χ0n) is 8.58. The van der Waals surface area contributed by atoms with Gasteiger partial charge in [0.1, 0.15) is 6.29 Å². The van der Waals surface area contributed by atoms with Crippen molar-refractivity contribution in [2.24, 2.45) is 5.73 Å². The predicted molar refractivity (Wildman–Crippen MR) is 56.6 cm³/mol. The highest BCUT2D eigenvalue weighted by Gasteiger charge is 2.29. The normalized spacial score (nSPS) is 17.9. The second-order valence-corrected chi connectivity index (χ2v) is 3.17. The van der Waals surface area contributed by atoms with Crippen LogP contribution < -0.4 is 11.1 Å². The lowest BCUT2D eigenvalue weighted by Crippen LogP contribution is -2.56. The Kier molecular flexibility index (Phi) is 8.46. The number of nitrogens with two attached hydrogens (primary N) is 1. The lowest BCUT2D eigenvalue weighted by atomic mass is 10.0. The van der Waals surface area contributed by atoms with Crippen molar-refractivity contribution in [3.05, 3.63) is 0 Å². The van der Waals surface area contributed by atoms with Crippen molar-refractivity contribution in [1.29, 1.82) is 0 Å². The zero-order chi connectivity index (χ0) is 11.3. The van der Waals surface area contributed by atoms with E-state index in [2.05, 4.69) is 5.32 Å². The Labute approximate surface area is 94.2 Å². The van der Waals surface area contributed by atoms with Gasteiger partial charge >= 0.3 is 0 Å². The van der Waals surface area contributed by atoms with Crippen LogP contribution in [0.5, 0.6) is 0 Å². The minimum absolute atomic E-state index is 0. The minimum Gasteiger partial charge on any atom is -0.391 e. The van der Waals surface area contributed by atoms with Crippen molar-refractivity contribution in [2.45, 2.75) is 38.1 Å². The first-order valence-electron chi connectivity index (χ1n) is 4.24. The molecular formula is C8H17ClN2O4. The summed E-state index contributed by atoms with van der Waals surface area (Å²) in [5, 5.41) is 21.0. The van der Waals surface area contributed by atoms with Crippen LogP contribution in [0.4, 0.5) is 0 Å². The SMILES string of the molecule is CC(=O)N[C@@H]([C@H](O)[C@@H](N)C=O)[C@@H](C)O.Cl. The van der Waals surface area contributed by atoms with E-state index in [0.717, 1.165) is 0 Å². The van der Waals surface area contributed by atoms with Crippen molar-refractivity contribution in [1.82, 2.24) is 5.32 Å². The molecule has 0 rings (SSSR count). The summed E-state index contributed by atoms with van der Waals surface area (Å²) in [6.45, 7) is 2.63. The van der Waals surface area contributed by atoms with Crippen LogP contribution in [0.25, 0.3) is 0 Å². The molecule has 0 aliphatic rings. The van der Waals surface area contributed by atoms with E-state index in [1.54, 1.807) is 0 Å². The summed E-state index contributed by atoms with van der Waals surface area (Å²) in [4.78, 5) is 21.0. The number of nitrogens with one attached hydrogen (secondary N) is 1. The van der Waals surface area contributed by atoms with Gasteiger partial charge in [0.05, 0.1) is 24.3 Å². The number of aliphatic hydroxyl groups excluding tert-OH is 2. The Bertz CT molecular complexity index is 213. The molecule has 0 heterocycles. The van der Waals surface area contributed by atoms with Crippen LogP contribution >= 0.6 is 12.4 Å². The van der Waals surface area contributed by atoms with Gasteiger partial charge in [0, 0.05) is 6.92 Å². The third-order valence-electron chi connectivity index (χ3n) is 1.81. The second-order valence-electron chi connectivity index (χ2n) is 3.17. The molecule has 90 valence electrons. The molecule has 0 spiro atoms. The topological polar surface area (TPSA) is 113 Å². The Morgan fingerprint density at radius 1 is 1.47 bits per heavy atom. The number of aliphatic hydroxyl groups is 2. The summed E-state index contributed by atoms with van der Waals surface area (Å²) in [5.74, 6) is -0.409. The molecular weight excluding hydrogens is 224 g/mol. The molecule has 0 aromatic rings. The van der Waals surface area contributed by atoms with Gasteiger partial charge in [-0.05, 0) is 6.92 Å². The van der Waals surface area contributed by atoms with E-state index in [-0.39, 0.29) is 12.4 Å². The van der Waals surface area contributed by atoms with Gasteiger partial charge in [-0.25, -0.2) is 0 Å². The van der Waals surface area contributed by atoms with Gasteiger partial charge in [-0.2, -0.15) is 0 Å². The van der Waals surface area contributed by atoms with E-state index in [0.29, 0.717) is 6.29 Å². The van der Waals surface area contributed by atoms with Gasteiger partial charge in [0.2, 0.25) is 5.91 Å². The molecule has 0 aliphatic heterocycles. The second kappa shape index (κ2) is 7.58. The van der Waals surface area contributed by atoms with Gasteiger partial charge in [-0.15, -0.1) is 12.4 Å². The van der Waals surface area contributed by atoms with Gasteiger partial charge in [-0.1, -0.05) is 0 Å². The average Bonchev–Trinajstić information content (AvgIpc) is 2.11. The van der Waals surface area contributed by atoms with Crippen LogP contribution in [0, 0.1) is 0 Å². The summed E-state index contributed by atoms with van der Waals surface area (Å²) in [6.07, 6.45) is -1.92. The van der Waals surface area contributed by atoms with Crippen LogP contribution in [0.15, 0.2) is 0 Å². The first kappa shape index (κ1) is 16.7. The van der Waals surface area contributed by atoms with Crippen molar-refractivity contribution in [3.8, 4) is 0 Å². The Hall–Kier alpha value is -0.690. The highest BCUT2D eigenvalue weighted by molar-refractivity contribution is 5.85. The summed E-state index contributed by atoms with van der Waals surface area (Å²) in [6, 6.07) is -2.06. The summed E-state index contributed by atoms with van der Waals surface area (Å²) >= 11 is 0. The number of hydrogen-bond acceptors (Lipinski definition) is 5. The van der Waals surface area contributed by atoms with Gasteiger partial charge in [0.25, 0.3) is 0 Å². The molecule has 1 amide bonds. The van der Waals surface area contributed by atoms with Gasteiger partial charge in [-0.3, -0.25) is 4.79 Å². The van der Waals surface area contributed by atoms with Gasteiger partial charge in [0.15, 0.2) is 0 Å². The third-order valence-corrected chi connectivity index (χ3v) is 1.81. The molecule has 15 heavy (non-hydrogen) atoms. The number of rotatable bonds is 5. The maximum atomic E-state index is 10.7. The highest BCUT2D eigenvalue weighted by atomic mass is 35.5. The van der Waals surface area contributed by atoms with E-state index >= 15 is 0 Å². The van der Waals surface area contributed by atoms with E-state index in [1.165, 1.54) is 13.8 Å². The van der Waals surface area contributed by atoms with Crippen LogP contribution in [-0.2, 0) is 9.59 Å². The molecule has 0 aliphatic carbocycles. The first-order valence-corrected chi connectivity index (χ1v) is 4.24. The first-order chi connectivity index (χ1) is 6.40. The molecule has 0 radical (unpaired) electrons. The lowest BCUT2D eigenvalue weighted by Gasteiger charge is -2.27. The van der Waals surface area contributed by atoms with E-state index in [1.807, 2.05) is 0 Å². The van der Waals surface area contributed by atoms with Crippen molar-refractivity contribution < 1.29 is 19.8 Å². The molecule has 5 N–H and O–H groups in total. The number of aldehydes is 1. The molecule has 7 heteroatoms. The van der Waals surface area contributed by atoms with E-state index in [9.17, 15) is 19.8 Å². The van der Waals surface area contributed by atoms with Crippen molar-refractivity contribution in [2.75, 3.05) is 0 Å². The summed E-state index contributed by atoms with van der Waals surface area (Å²) < 4.78 is 0. The highest BCUT2D eigenvalue weighted by Crippen LogP contribution is 2.02. The number of hydrogen-bond donors (Lipinski definition) is 4. The Balaban J connectivity index is 0. The predicted octanol–water partition coefficient (Wildman–Crippen LogP) is -1.82. The molecule has 0 bridgehead atoms. The van der Waals surface area contributed by atoms with E-state index < -0.39 is 30.2 Å². The van der Waals surface area contributed by atoms with E-state index in [4.69, 9.17) is 5.73 Å². The van der Waals surface area contributed by atoms with Crippen LogP contribution in [0.2, 0.25) is 0 Å². The average molecular weight is 241 g/mol. The van der Waals surface area contributed by atoms with Crippen LogP contribution in [-0.4, -0.2) is 46.7 Å². The third kappa shape index (κ3) is 5.68. The fourth-order valence-electron chi connectivity index (χ4n) is 1.05. The molecule has 0 saturated heterocycles. The standard InChI is InChI=1S/C8H16N2O4.ClH/c1-4(12)7(10-5(2)13)8(14)6(9)3-11;/h3-4,6-8,12,14H,9H2,1-2H3,(H,10,13);1H/t4-,6+,7-,8-;/m1./s1. The lowest BCUT2D eigenvalue weighted by molar-refractivity contribution is -0.123. The smallest absolute Gasteiger partial charge is 0.217 e. The molecule has 6 nitrogen and oxygen atoms in total. The molecule has 4 atom stereocenters. The maximum Gasteiger partial charge on any atom is 0.217 e. The molecule has 0 aromatic heterocycles. The molecule has 0 fully saturated rings. The zero-order valence-corrected chi connectivity index (χ0v) is 9.40. The Morgan fingerprint density at radius 3 is 2.20 bits per heavy atom. The van der Waals surface area contributed by atoms with Crippen LogP contribution in [0.1, 0.15) is 13.8 Å². The number of carbonyl (C=O) groups is 2. The number of halogens is 1. The molecule has 0 saturated carbocycles. The number of carbonyl (C=O) groups excluding carboxylic acids is 2. The monoisotopic (exact) mass is 240 g/mol. The van der Waals surface area contributed by atoms with Gasteiger partial charge < -0.3 is 26.1 Å². The summed E-state index contributed by atoms with van der Waals surface area (Å²) in [7, 11) is 0. The minimum atomic E-state index is -1.30.